The molecule has 42 heavy (non-hydrogen) atoms. The molecule has 0 unspecified atom stereocenters. The van der Waals surface area contributed by atoms with Gasteiger partial charge in [0.2, 0.25) is 0 Å². The quantitative estimate of drug-likeness (QED) is 0.129. The lowest BCUT2D eigenvalue weighted by Crippen LogP contribution is -1.94. The van der Waals surface area contributed by atoms with E-state index < -0.39 is 0 Å². The molecule has 0 aliphatic carbocycles. The minimum atomic E-state index is -0.144. The highest BCUT2D eigenvalue weighted by atomic mass is 16.3. The lowest BCUT2D eigenvalue weighted by atomic mass is 10.0. The molecular formula is C34H32N4O4. The number of aryl methyl sites for hydroxylation is 2. The van der Waals surface area contributed by atoms with Crippen molar-refractivity contribution in [1.82, 2.24) is 20.4 Å². The van der Waals surface area contributed by atoms with E-state index in [9.17, 15) is 20.4 Å². The van der Waals surface area contributed by atoms with Gasteiger partial charge in [-0.1, -0.05) is 59.7 Å². The fourth-order valence-corrected chi connectivity index (χ4v) is 4.63. The Balaban J connectivity index is 0.000000169. The van der Waals surface area contributed by atoms with Crippen LogP contribution in [0.4, 0.5) is 0 Å². The van der Waals surface area contributed by atoms with E-state index >= 15 is 0 Å². The van der Waals surface area contributed by atoms with Crippen LogP contribution < -0.4 is 0 Å². The van der Waals surface area contributed by atoms with Crippen molar-refractivity contribution >= 4 is 0 Å². The van der Waals surface area contributed by atoms with Gasteiger partial charge in [-0.05, 0) is 79.1 Å². The van der Waals surface area contributed by atoms with Crippen LogP contribution in [0, 0.1) is 13.8 Å². The molecule has 0 spiro atoms. The number of phenols is 2. The predicted octanol–water partition coefficient (Wildman–Crippen LogP) is 6.50. The van der Waals surface area contributed by atoms with Crippen molar-refractivity contribution in [2.24, 2.45) is 0 Å². The number of hydrogen-bond donors (Lipinski definition) is 6. The fraction of sp³-hybridized carbons (Fsp3) is 0.118. The van der Waals surface area contributed by atoms with Crippen LogP contribution in [0.5, 0.6) is 11.5 Å². The highest BCUT2D eigenvalue weighted by molar-refractivity contribution is 5.71. The molecule has 0 radical (unpaired) electrons. The zero-order valence-corrected chi connectivity index (χ0v) is 23.3. The van der Waals surface area contributed by atoms with Gasteiger partial charge in [-0.3, -0.25) is 10.2 Å². The van der Waals surface area contributed by atoms with E-state index in [-0.39, 0.29) is 24.7 Å². The number of hydrogen-bond acceptors (Lipinski definition) is 6. The van der Waals surface area contributed by atoms with Gasteiger partial charge in [0.15, 0.2) is 11.5 Å². The molecule has 0 saturated carbocycles. The average Bonchev–Trinajstić information content (AvgIpc) is 3.70. The van der Waals surface area contributed by atoms with Crippen LogP contribution in [-0.4, -0.2) is 40.8 Å². The summed E-state index contributed by atoms with van der Waals surface area (Å²) in [4.78, 5) is 0. The van der Waals surface area contributed by atoms with Gasteiger partial charge in [-0.25, -0.2) is 0 Å². The molecular weight excluding hydrogens is 528 g/mol. The van der Waals surface area contributed by atoms with Crippen molar-refractivity contribution in [2.75, 3.05) is 0 Å². The van der Waals surface area contributed by atoms with Crippen molar-refractivity contribution in [1.29, 1.82) is 0 Å². The van der Waals surface area contributed by atoms with E-state index in [2.05, 4.69) is 45.5 Å². The molecule has 212 valence electrons. The number of nitrogens with zero attached hydrogens (tertiary/aromatic N) is 2. The summed E-state index contributed by atoms with van der Waals surface area (Å²) in [6, 6.07) is 30.5. The number of aromatic amines is 2. The molecule has 0 saturated heterocycles. The number of aromatic nitrogens is 4. The Morgan fingerprint density at radius 1 is 0.524 bits per heavy atom. The van der Waals surface area contributed by atoms with Crippen molar-refractivity contribution in [3.05, 3.63) is 119 Å². The Kier molecular flexibility index (Phi) is 8.47. The highest BCUT2D eigenvalue weighted by Gasteiger charge is 2.10. The zero-order valence-electron chi connectivity index (χ0n) is 23.3. The Morgan fingerprint density at radius 3 is 1.55 bits per heavy atom. The number of aromatic hydroxyl groups is 2. The van der Waals surface area contributed by atoms with Crippen LogP contribution >= 0.6 is 0 Å². The zero-order chi connectivity index (χ0) is 29.6. The summed E-state index contributed by atoms with van der Waals surface area (Å²) in [6.07, 6.45) is 0. The third-order valence-electron chi connectivity index (χ3n) is 6.93. The molecule has 6 N–H and O–H groups in total. The first-order chi connectivity index (χ1) is 20.3. The van der Waals surface area contributed by atoms with Gasteiger partial charge in [-0.15, -0.1) is 0 Å². The molecule has 0 aliphatic heterocycles. The molecule has 0 bridgehead atoms. The van der Waals surface area contributed by atoms with Crippen LogP contribution in [0.2, 0.25) is 0 Å². The molecule has 6 aromatic rings. The summed E-state index contributed by atoms with van der Waals surface area (Å²) in [5.41, 5.74) is 11.0. The SMILES string of the molecule is Cc1cccc(-c2cc(-c3ccc(CO)c(CO)c3)[nH]n2)c1.Cc1cccc(-c2cc(-c3ccc(O)c(O)c3)[nH]n2)c1. The topological polar surface area (TPSA) is 138 Å². The Hall–Kier alpha value is -5.18. The Labute approximate surface area is 243 Å². The van der Waals surface area contributed by atoms with E-state index in [1.54, 1.807) is 6.07 Å². The van der Waals surface area contributed by atoms with Crippen LogP contribution in [0.25, 0.3) is 45.0 Å². The molecule has 8 nitrogen and oxygen atoms in total. The summed E-state index contributed by atoms with van der Waals surface area (Å²) >= 11 is 0. The second-order valence-electron chi connectivity index (χ2n) is 10.1. The monoisotopic (exact) mass is 560 g/mol. The molecule has 4 aromatic carbocycles. The predicted molar refractivity (Wildman–Crippen MR) is 164 cm³/mol. The number of aliphatic hydroxyl groups is 2. The van der Waals surface area contributed by atoms with E-state index in [0.717, 1.165) is 56.2 Å². The van der Waals surface area contributed by atoms with Crippen molar-refractivity contribution in [3.63, 3.8) is 0 Å². The lowest BCUT2D eigenvalue weighted by molar-refractivity contribution is 0.260. The summed E-state index contributed by atoms with van der Waals surface area (Å²) in [6.45, 7) is 3.92. The molecule has 8 heteroatoms. The number of benzene rings is 4. The maximum absolute atomic E-state index is 9.54. The van der Waals surface area contributed by atoms with E-state index in [4.69, 9.17) is 0 Å². The first kappa shape index (κ1) is 28.4. The van der Waals surface area contributed by atoms with Gasteiger partial charge in [0.1, 0.15) is 0 Å². The summed E-state index contributed by atoms with van der Waals surface area (Å²) in [5, 5.41) is 52.2. The number of H-pyrrole nitrogens is 2. The summed E-state index contributed by atoms with van der Waals surface area (Å²) < 4.78 is 0. The molecule has 0 aliphatic rings. The van der Waals surface area contributed by atoms with Crippen LogP contribution in [-0.2, 0) is 13.2 Å². The Morgan fingerprint density at radius 2 is 1.05 bits per heavy atom. The number of phenolic OH excluding ortho intramolecular Hbond substituents is 2. The van der Waals surface area contributed by atoms with Gasteiger partial charge in [0, 0.05) is 16.7 Å². The third kappa shape index (κ3) is 6.41. The molecule has 6 rings (SSSR count). The van der Waals surface area contributed by atoms with Gasteiger partial charge in [0.25, 0.3) is 0 Å². The van der Waals surface area contributed by atoms with Gasteiger partial charge >= 0.3 is 0 Å². The minimum absolute atomic E-state index is 0.0757. The number of aliphatic hydroxyl groups excluding tert-OH is 2. The smallest absolute Gasteiger partial charge is 0.158 e. The first-order valence-corrected chi connectivity index (χ1v) is 13.5. The fourth-order valence-electron chi connectivity index (χ4n) is 4.63. The van der Waals surface area contributed by atoms with Gasteiger partial charge in [-0.2, -0.15) is 10.2 Å². The van der Waals surface area contributed by atoms with E-state index in [1.807, 2.05) is 67.6 Å². The second kappa shape index (κ2) is 12.6. The van der Waals surface area contributed by atoms with Crippen LogP contribution in [0.1, 0.15) is 22.3 Å². The van der Waals surface area contributed by atoms with E-state index in [0.29, 0.717) is 0 Å². The maximum Gasteiger partial charge on any atom is 0.158 e. The molecule has 0 amide bonds. The molecule has 0 atom stereocenters. The summed E-state index contributed by atoms with van der Waals surface area (Å²) in [7, 11) is 0. The number of nitrogens with one attached hydrogen (secondary N) is 2. The molecule has 0 fully saturated rings. The molecule has 2 heterocycles. The minimum Gasteiger partial charge on any atom is -0.504 e. The van der Waals surface area contributed by atoms with Crippen LogP contribution in [0.15, 0.2) is 97.1 Å². The standard InChI is InChI=1S/C18H18N2O2.C16H14N2O2/c1-12-3-2-4-13(7-12)17-9-18(20-19-17)14-5-6-15(10-21)16(8-14)11-22;1-10-3-2-4-11(7-10)13-9-14(18-17-13)12-5-6-15(19)16(20)8-12/h2-9,21-22H,10-11H2,1H3,(H,19,20);2-9,19-20H,1H3,(H,17,18). The number of rotatable bonds is 6. The van der Waals surface area contributed by atoms with Gasteiger partial charge < -0.3 is 20.4 Å². The van der Waals surface area contributed by atoms with Crippen molar-refractivity contribution < 1.29 is 20.4 Å². The second-order valence-corrected chi connectivity index (χ2v) is 10.1. The van der Waals surface area contributed by atoms with Crippen LogP contribution in [0.3, 0.4) is 0 Å². The molecule has 2 aromatic heterocycles. The maximum atomic E-state index is 9.54. The largest absolute Gasteiger partial charge is 0.504 e. The van der Waals surface area contributed by atoms with Crippen molar-refractivity contribution in [3.8, 4) is 56.5 Å². The average molecular weight is 561 g/mol. The highest BCUT2D eigenvalue weighted by Crippen LogP contribution is 2.31. The normalized spacial score (nSPS) is 10.8. The lowest BCUT2D eigenvalue weighted by Gasteiger charge is -2.06. The van der Waals surface area contributed by atoms with Crippen molar-refractivity contribution in [2.45, 2.75) is 27.1 Å². The van der Waals surface area contributed by atoms with E-state index in [1.165, 1.54) is 23.3 Å². The third-order valence-corrected chi connectivity index (χ3v) is 6.93. The first-order valence-electron chi connectivity index (χ1n) is 13.5. The Bertz CT molecular complexity index is 1820. The summed E-state index contributed by atoms with van der Waals surface area (Å²) in [5.74, 6) is -0.277. The van der Waals surface area contributed by atoms with Gasteiger partial charge in [0.05, 0.1) is 36.0 Å².